The van der Waals surface area contributed by atoms with Gasteiger partial charge in [0.05, 0.1) is 19.4 Å². The zero-order valence-corrected chi connectivity index (χ0v) is 15.3. The van der Waals surface area contributed by atoms with Crippen molar-refractivity contribution in [3.8, 4) is 0 Å². The molecule has 0 spiro atoms. The number of rotatable bonds is 8. The number of halogens is 1. The van der Waals surface area contributed by atoms with Crippen LogP contribution in [0.3, 0.4) is 0 Å². The van der Waals surface area contributed by atoms with Gasteiger partial charge in [0.15, 0.2) is 0 Å². The topological polar surface area (TPSA) is 81.4 Å². The van der Waals surface area contributed by atoms with Crippen molar-refractivity contribution in [1.82, 2.24) is 0 Å². The number of thioether (sulfide) groups is 1. The highest BCUT2D eigenvalue weighted by atomic mass is 35.5. The number of benzene rings is 1. The van der Waals surface area contributed by atoms with Crippen LogP contribution in [0.1, 0.15) is 25.8 Å². The fourth-order valence-electron chi connectivity index (χ4n) is 1.68. The normalized spacial score (nSPS) is 12.7. The lowest BCUT2D eigenvalue weighted by Gasteiger charge is -2.15. The van der Waals surface area contributed by atoms with Gasteiger partial charge in [0.2, 0.25) is 5.91 Å². The molecule has 2 atom stereocenters. The monoisotopic (exact) mass is 360 g/mol. The predicted octanol–water partition coefficient (Wildman–Crippen LogP) is 2.83. The van der Waals surface area contributed by atoms with Crippen molar-refractivity contribution in [3.63, 3.8) is 0 Å². The average Bonchev–Trinajstić information content (AvgIpc) is 2.50. The molecule has 1 aromatic rings. The number of hydrogen-bond acceptors (Lipinski definition) is 5. The molecule has 0 saturated heterocycles. The van der Waals surface area contributed by atoms with Gasteiger partial charge in [-0.1, -0.05) is 19.1 Å². The Morgan fingerprint density at radius 3 is 2.65 bits per heavy atom. The van der Waals surface area contributed by atoms with Crippen LogP contribution in [0.5, 0.6) is 0 Å². The number of methoxy groups -OCH3 is 1. The first-order valence-electron chi connectivity index (χ1n) is 7.24. The Balaban J connectivity index is 0.00000484. The molecule has 130 valence electrons. The van der Waals surface area contributed by atoms with E-state index in [1.54, 1.807) is 11.8 Å². The summed E-state index contributed by atoms with van der Waals surface area (Å²) in [6.07, 6.45) is 0.406. The molecule has 0 aliphatic rings. The van der Waals surface area contributed by atoms with E-state index in [1.165, 1.54) is 7.11 Å². The van der Waals surface area contributed by atoms with E-state index in [4.69, 9.17) is 5.73 Å². The summed E-state index contributed by atoms with van der Waals surface area (Å²) in [5.41, 5.74) is 7.60. The minimum atomic E-state index is -0.238. The molecule has 0 radical (unpaired) electrons. The molecule has 1 amide bonds. The molecule has 23 heavy (non-hydrogen) atoms. The van der Waals surface area contributed by atoms with Crippen LogP contribution in [0.4, 0.5) is 5.69 Å². The largest absolute Gasteiger partial charge is 0.469 e. The van der Waals surface area contributed by atoms with Gasteiger partial charge in [-0.25, -0.2) is 0 Å². The summed E-state index contributed by atoms with van der Waals surface area (Å²) in [5.74, 6) is 0.983. The second kappa shape index (κ2) is 11.3. The van der Waals surface area contributed by atoms with Crippen molar-refractivity contribution in [3.05, 3.63) is 29.8 Å². The first-order chi connectivity index (χ1) is 10.4. The number of nitrogens with one attached hydrogen (secondary N) is 1. The molecule has 0 fully saturated rings. The second-order valence-corrected chi connectivity index (χ2v) is 6.32. The third-order valence-corrected chi connectivity index (χ3v) is 4.37. The molecular weight excluding hydrogens is 336 g/mol. The molecule has 5 nitrogen and oxygen atoms in total. The van der Waals surface area contributed by atoms with E-state index in [1.807, 2.05) is 38.1 Å². The molecule has 0 saturated carbocycles. The van der Waals surface area contributed by atoms with Crippen LogP contribution in [0, 0.1) is 5.92 Å². The van der Waals surface area contributed by atoms with Gasteiger partial charge in [0, 0.05) is 23.2 Å². The van der Waals surface area contributed by atoms with Crippen molar-refractivity contribution < 1.29 is 14.3 Å². The van der Waals surface area contributed by atoms with Crippen molar-refractivity contribution >= 4 is 41.7 Å². The Hall–Kier alpha value is -1.24. The Bertz CT molecular complexity index is 512. The lowest BCUT2D eigenvalue weighted by atomic mass is 10.0. The molecule has 0 aromatic heterocycles. The number of anilines is 1. The maximum absolute atomic E-state index is 12.0. The number of amides is 1. The van der Waals surface area contributed by atoms with Crippen LogP contribution in [0.15, 0.2) is 24.3 Å². The molecule has 2 unspecified atom stereocenters. The van der Waals surface area contributed by atoms with Crippen molar-refractivity contribution in [2.24, 2.45) is 11.7 Å². The molecular formula is C16H25ClN2O3S. The number of carbonyl (C=O) groups is 2. The molecule has 7 heteroatoms. The van der Waals surface area contributed by atoms with Gasteiger partial charge in [-0.3, -0.25) is 9.59 Å². The van der Waals surface area contributed by atoms with Crippen LogP contribution in [0.25, 0.3) is 0 Å². The maximum atomic E-state index is 12.0. The standard InChI is InChI=1S/C16H24N2O3S.ClH/c1-11(12(2)17)16(20)18-14-6-4-5-13(9-14)10-22-8-7-15(19)21-3;/h4-6,9,11-12H,7-8,10,17H2,1-3H3,(H,18,20);1H. The minimum Gasteiger partial charge on any atom is -0.469 e. The highest BCUT2D eigenvalue weighted by Crippen LogP contribution is 2.18. The van der Waals surface area contributed by atoms with Crippen molar-refractivity contribution in [1.29, 1.82) is 0 Å². The zero-order chi connectivity index (χ0) is 16.5. The molecule has 0 heterocycles. The van der Waals surface area contributed by atoms with Gasteiger partial charge in [-0.15, -0.1) is 12.4 Å². The van der Waals surface area contributed by atoms with E-state index in [0.717, 1.165) is 17.0 Å². The SMILES string of the molecule is COC(=O)CCSCc1cccc(NC(=O)C(C)C(C)N)c1.Cl. The fraction of sp³-hybridized carbons (Fsp3) is 0.500. The summed E-state index contributed by atoms with van der Waals surface area (Å²) in [7, 11) is 1.39. The van der Waals surface area contributed by atoms with Crippen LogP contribution >= 0.6 is 24.2 Å². The first-order valence-corrected chi connectivity index (χ1v) is 8.39. The number of carbonyl (C=O) groups excluding carboxylic acids is 2. The third-order valence-electron chi connectivity index (χ3n) is 3.34. The van der Waals surface area contributed by atoms with E-state index in [2.05, 4.69) is 10.1 Å². The van der Waals surface area contributed by atoms with Crippen LogP contribution in [-0.2, 0) is 20.1 Å². The average molecular weight is 361 g/mol. The number of hydrogen-bond donors (Lipinski definition) is 2. The molecule has 1 rings (SSSR count). The summed E-state index contributed by atoms with van der Waals surface area (Å²) in [6.45, 7) is 3.63. The van der Waals surface area contributed by atoms with Crippen LogP contribution in [-0.4, -0.2) is 30.8 Å². The van der Waals surface area contributed by atoms with Crippen LogP contribution < -0.4 is 11.1 Å². The maximum Gasteiger partial charge on any atom is 0.306 e. The Labute approximate surface area is 148 Å². The number of ether oxygens (including phenoxy) is 1. The van der Waals surface area contributed by atoms with E-state index in [-0.39, 0.29) is 36.2 Å². The summed E-state index contributed by atoms with van der Waals surface area (Å²) >= 11 is 1.66. The number of esters is 1. The van der Waals surface area contributed by atoms with Gasteiger partial charge in [0.1, 0.15) is 0 Å². The van der Waals surface area contributed by atoms with Crippen molar-refractivity contribution in [2.75, 3.05) is 18.2 Å². The quantitative estimate of drug-likeness (QED) is 0.550. The van der Waals surface area contributed by atoms with Gasteiger partial charge in [0.25, 0.3) is 0 Å². The summed E-state index contributed by atoms with van der Waals surface area (Å²) in [4.78, 5) is 23.0. The lowest BCUT2D eigenvalue weighted by Crippen LogP contribution is -2.34. The van der Waals surface area contributed by atoms with Gasteiger partial charge in [-0.2, -0.15) is 11.8 Å². The van der Waals surface area contributed by atoms with Crippen LogP contribution in [0.2, 0.25) is 0 Å². The lowest BCUT2D eigenvalue weighted by molar-refractivity contribution is -0.140. The second-order valence-electron chi connectivity index (χ2n) is 5.22. The summed E-state index contributed by atoms with van der Waals surface area (Å²) in [5, 5.41) is 2.88. The van der Waals surface area contributed by atoms with E-state index in [9.17, 15) is 9.59 Å². The Morgan fingerprint density at radius 1 is 1.35 bits per heavy atom. The fourth-order valence-corrected chi connectivity index (χ4v) is 2.55. The van der Waals surface area contributed by atoms with Gasteiger partial charge in [-0.05, 0) is 24.6 Å². The highest BCUT2D eigenvalue weighted by molar-refractivity contribution is 7.98. The summed E-state index contributed by atoms with van der Waals surface area (Å²) < 4.78 is 4.60. The van der Waals surface area contributed by atoms with Gasteiger partial charge >= 0.3 is 5.97 Å². The molecule has 0 aliphatic heterocycles. The third kappa shape index (κ3) is 8.25. The summed E-state index contributed by atoms with van der Waals surface area (Å²) in [6, 6.07) is 7.51. The minimum absolute atomic E-state index is 0. The van der Waals surface area contributed by atoms with Gasteiger partial charge < -0.3 is 15.8 Å². The zero-order valence-electron chi connectivity index (χ0n) is 13.7. The first kappa shape index (κ1) is 21.8. The smallest absolute Gasteiger partial charge is 0.306 e. The predicted molar refractivity (Wildman–Crippen MR) is 97.9 cm³/mol. The molecule has 0 bridgehead atoms. The van der Waals surface area contributed by atoms with E-state index in [0.29, 0.717) is 12.2 Å². The highest BCUT2D eigenvalue weighted by Gasteiger charge is 2.16. The van der Waals surface area contributed by atoms with E-state index >= 15 is 0 Å². The molecule has 0 aliphatic carbocycles. The number of nitrogens with two attached hydrogens (primary N) is 1. The Morgan fingerprint density at radius 2 is 2.04 bits per heavy atom. The van der Waals surface area contributed by atoms with E-state index < -0.39 is 0 Å². The molecule has 3 N–H and O–H groups in total. The molecule has 1 aromatic carbocycles. The van der Waals surface area contributed by atoms with Crippen molar-refractivity contribution in [2.45, 2.75) is 32.1 Å². The Kier molecular flexibility index (Phi) is 10.7.